The fraction of sp³-hybridized carbons (Fsp3) is 0.391. The Bertz CT molecular complexity index is 872. The van der Waals surface area contributed by atoms with Crippen LogP contribution in [0.15, 0.2) is 54.6 Å². The lowest BCUT2D eigenvalue weighted by atomic mass is 10.1. The predicted molar refractivity (Wildman–Crippen MR) is 124 cm³/mol. The number of nitrogens with zero attached hydrogens (tertiary/aromatic N) is 2. The molecular formula is C23H29N3O4S. The highest BCUT2D eigenvalue weighted by Crippen LogP contribution is 2.19. The molecule has 0 aromatic heterocycles. The molecule has 0 aliphatic carbocycles. The van der Waals surface area contributed by atoms with Crippen LogP contribution < -0.4 is 5.32 Å². The maximum absolute atomic E-state index is 13.1. The fourth-order valence-electron chi connectivity index (χ4n) is 3.13. The Kier molecular flexibility index (Phi) is 9.52. The maximum Gasteiger partial charge on any atom is 0.269 e. The Labute approximate surface area is 187 Å². The van der Waals surface area contributed by atoms with E-state index in [1.54, 1.807) is 17.0 Å². The van der Waals surface area contributed by atoms with Crippen LogP contribution in [-0.4, -0.2) is 39.5 Å². The lowest BCUT2D eigenvalue weighted by Crippen LogP contribution is -2.50. The van der Waals surface area contributed by atoms with E-state index in [2.05, 4.69) is 5.32 Å². The van der Waals surface area contributed by atoms with Gasteiger partial charge in [0.1, 0.15) is 6.04 Å². The molecule has 1 atom stereocenters. The number of carbonyl (C=O) groups excluding carboxylic acids is 2. The summed E-state index contributed by atoms with van der Waals surface area (Å²) in [5, 5.41) is 13.7. The summed E-state index contributed by atoms with van der Waals surface area (Å²) in [7, 11) is 0. The minimum atomic E-state index is -0.546. The molecule has 31 heavy (non-hydrogen) atoms. The van der Waals surface area contributed by atoms with Gasteiger partial charge in [0.05, 0.1) is 10.7 Å². The van der Waals surface area contributed by atoms with Crippen molar-refractivity contribution in [3.63, 3.8) is 0 Å². The highest BCUT2D eigenvalue weighted by atomic mass is 32.2. The third kappa shape index (κ3) is 7.71. The van der Waals surface area contributed by atoms with Gasteiger partial charge in [-0.05, 0) is 31.4 Å². The zero-order valence-corrected chi connectivity index (χ0v) is 18.9. The van der Waals surface area contributed by atoms with E-state index in [0.717, 1.165) is 11.1 Å². The molecule has 0 bridgehead atoms. The Morgan fingerprint density at radius 2 is 1.71 bits per heavy atom. The number of carbonyl (C=O) groups is 2. The summed E-state index contributed by atoms with van der Waals surface area (Å²) in [6.07, 6.45) is 0.518. The molecule has 0 fully saturated rings. The fourth-order valence-corrected chi connectivity index (χ4v) is 4.00. The van der Waals surface area contributed by atoms with Gasteiger partial charge in [-0.2, -0.15) is 0 Å². The molecule has 0 radical (unpaired) electrons. The van der Waals surface area contributed by atoms with Crippen molar-refractivity contribution in [2.45, 2.75) is 51.6 Å². The molecule has 2 rings (SSSR count). The standard InChI is InChI=1S/C23H29N3O4S/c1-4-21(23(28)24-17(2)3)25(14-18-8-6-5-7-9-18)22(27)16-31-15-19-10-12-20(13-11-19)26(29)30/h5-13,17,21H,4,14-16H2,1-3H3,(H,24,28). The van der Waals surface area contributed by atoms with E-state index in [9.17, 15) is 19.7 Å². The molecule has 0 saturated heterocycles. The van der Waals surface area contributed by atoms with Crippen LogP contribution in [0.2, 0.25) is 0 Å². The number of hydrogen-bond donors (Lipinski definition) is 1. The van der Waals surface area contributed by atoms with Crippen molar-refractivity contribution in [2.75, 3.05) is 5.75 Å². The molecule has 0 aliphatic rings. The largest absolute Gasteiger partial charge is 0.352 e. The second kappa shape index (κ2) is 12.1. The monoisotopic (exact) mass is 443 g/mol. The van der Waals surface area contributed by atoms with E-state index in [1.807, 2.05) is 51.1 Å². The second-order valence-corrected chi connectivity index (χ2v) is 8.50. The first-order valence-corrected chi connectivity index (χ1v) is 11.4. The molecule has 0 spiro atoms. The first-order chi connectivity index (χ1) is 14.8. The molecule has 2 amide bonds. The third-order valence-electron chi connectivity index (χ3n) is 4.65. The summed E-state index contributed by atoms with van der Waals surface area (Å²) in [4.78, 5) is 37.8. The van der Waals surface area contributed by atoms with Crippen molar-refractivity contribution >= 4 is 29.3 Å². The van der Waals surface area contributed by atoms with Gasteiger partial charge < -0.3 is 10.2 Å². The van der Waals surface area contributed by atoms with Crippen molar-refractivity contribution in [3.05, 3.63) is 75.8 Å². The number of nitro groups is 1. The molecular weight excluding hydrogens is 414 g/mol. The molecule has 1 unspecified atom stereocenters. The van der Waals surface area contributed by atoms with Gasteiger partial charge >= 0.3 is 0 Å². The smallest absolute Gasteiger partial charge is 0.269 e. The Morgan fingerprint density at radius 1 is 1.06 bits per heavy atom. The number of amides is 2. The molecule has 2 aromatic carbocycles. The van der Waals surface area contributed by atoms with Crippen molar-refractivity contribution in [1.82, 2.24) is 10.2 Å². The predicted octanol–water partition coefficient (Wildman–Crippen LogP) is 4.16. The van der Waals surface area contributed by atoms with E-state index < -0.39 is 11.0 Å². The average molecular weight is 444 g/mol. The van der Waals surface area contributed by atoms with E-state index in [1.165, 1.54) is 23.9 Å². The van der Waals surface area contributed by atoms with Crippen molar-refractivity contribution < 1.29 is 14.5 Å². The quantitative estimate of drug-likeness (QED) is 0.416. The van der Waals surface area contributed by atoms with Crippen LogP contribution in [0.1, 0.15) is 38.3 Å². The van der Waals surface area contributed by atoms with E-state index in [4.69, 9.17) is 0 Å². The number of rotatable bonds is 11. The van der Waals surface area contributed by atoms with Crippen molar-refractivity contribution in [1.29, 1.82) is 0 Å². The van der Waals surface area contributed by atoms with Crippen LogP contribution in [0.25, 0.3) is 0 Å². The van der Waals surface area contributed by atoms with Crippen LogP contribution >= 0.6 is 11.8 Å². The lowest BCUT2D eigenvalue weighted by Gasteiger charge is -2.31. The highest BCUT2D eigenvalue weighted by Gasteiger charge is 2.28. The number of hydrogen-bond acceptors (Lipinski definition) is 5. The number of nitro benzene ring substituents is 1. The summed E-state index contributed by atoms with van der Waals surface area (Å²) in [5.41, 5.74) is 1.91. The van der Waals surface area contributed by atoms with Gasteiger partial charge in [-0.3, -0.25) is 19.7 Å². The van der Waals surface area contributed by atoms with Crippen molar-refractivity contribution in [2.24, 2.45) is 0 Å². The summed E-state index contributed by atoms with van der Waals surface area (Å²) in [5.74, 6) is 0.511. The summed E-state index contributed by atoms with van der Waals surface area (Å²) in [6, 6.07) is 15.4. The minimum Gasteiger partial charge on any atom is -0.352 e. The first kappa shape index (κ1) is 24.4. The van der Waals surface area contributed by atoms with Crippen LogP contribution in [-0.2, 0) is 21.9 Å². The van der Waals surface area contributed by atoms with E-state index >= 15 is 0 Å². The Balaban J connectivity index is 2.07. The van der Waals surface area contributed by atoms with Gasteiger partial charge in [-0.25, -0.2) is 0 Å². The molecule has 166 valence electrons. The molecule has 7 nitrogen and oxygen atoms in total. The van der Waals surface area contributed by atoms with Gasteiger partial charge in [0.2, 0.25) is 11.8 Å². The Morgan fingerprint density at radius 3 is 2.26 bits per heavy atom. The molecule has 2 aromatic rings. The minimum absolute atomic E-state index is 0.00765. The van der Waals surface area contributed by atoms with Crippen molar-refractivity contribution in [3.8, 4) is 0 Å². The SMILES string of the molecule is CCC(C(=O)NC(C)C)N(Cc1ccccc1)C(=O)CSCc1ccc([N+](=O)[O-])cc1. The zero-order valence-electron chi connectivity index (χ0n) is 18.1. The topological polar surface area (TPSA) is 92.6 Å². The van der Waals surface area contributed by atoms with Crippen LogP contribution in [0.5, 0.6) is 0 Å². The number of benzene rings is 2. The number of nitrogens with one attached hydrogen (secondary N) is 1. The van der Waals surface area contributed by atoms with Gasteiger partial charge in [0, 0.05) is 30.5 Å². The Hall–Kier alpha value is -2.87. The van der Waals surface area contributed by atoms with E-state index in [0.29, 0.717) is 18.7 Å². The lowest BCUT2D eigenvalue weighted by molar-refractivity contribution is -0.384. The zero-order chi connectivity index (χ0) is 22.8. The molecule has 8 heteroatoms. The van der Waals surface area contributed by atoms with Gasteiger partial charge in [0.25, 0.3) is 5.69 Å². The van der Waals surface area contributed by atoms with Gasteiger partial charge in [-0.1, -0.05) is 49.4 Å². The second-order valence-electron chi connectivity index (χ2n) is 7.51. The van der Waals surface area contributed by atoms with Gasteiger partial charge in [0.15, 0.2) is 0 Å². The van der Waals surface area contributed by atoms with Gasteiger partial charge in [-0.15, -0.1) is 11.8 Å². The van der Waals surface area contributed by atoms with E-state index in [-0.39, 0.29) is 29.3 Å². The normalized spacial score (nSPS) is 11.7. The molecule has 1 N–H and O–H groups in total. The average Bonchev–Trinajstić information content (AvgIpc) is 2.74. The third-order valence-corrected chi connectivity index (χ3v) is 5.64. The molecule has 0 aliphatic heterocycles. The summed E-state index contributed by atoms with van der Waals surface area (Å²) < 4.78 is 0. The van der Waals surface area contributed by atoms with Crippen LogP contribution in [0, 0.1) is 10.1 Å². The summed E-state index contributed by atoms with van der Waals surface area (Å²) in [6.45, 7) is 6.06. The molecule has 0 heterocycles. The van der Waals surface area contributed by atoms with Crippen LogP contribution in [0.4, 0.5) is 5.69 Å². The summed E-state index contributed by atoms with van der Waals surface area (Å²) >= 11 is 1.43. The number of thioether (sulfide) groups is 1. The maximum atomic E-state index is 13.1. The first-order valence-electron chi connectivity index (χ1n) is 10.3. The highest BCUT2D eigenvalue weighted by molar-refractivity contribution is 7.99. The molecule has 0 saturated carbocycles. The number of non-ortho nitro benzene ring substituents is 1. The van der Waals surface area contributed by atoms with Crippen LogP contribution in [0.3, 0.4) is 0 Å².